The van der Waals surface area contributed by atoms with Crippen LogP contribution in [-0.4, -0.2) is 59.2 Å². The number of aliphatic imine (C=N–C) groups is 1. The topological polar surface area (TPSA) is 73.3 Å². The van der Waals surface area contributed by atoms with Crippen molar-refractivity contribution in [2.24, 2.45) is 4.99 Å². The van der Waals surface area contributed by atoms with Crippen LogP contribution in [0.4, 0.5) is 0 Å². The zero-order valence-corrected chi connectivity index (χ0v) is 16.2. The van der Waals surface area contributed by atoms with Gasteiger partial charge in [0.2, 0.25) is 0 Å². The Morgan fingerprint density at radius 2 is 2.04 bits per heavy atom. The minimum absolute atomic E-state index is 0.496. The summed E-state index contributed by atoms with van der Waals surface area (Å²) in [6.45, 7) is 7.08. The van der Waals surface area contributed by atoms with E-state index < -0.39 is 0 Å². The van der Waals surface area contributed by atoms with Crippen LogP contribution in [0.5, 0.6) is 11.5 Å². The van der Waals surface area contributed by atoms with Gasteiger partial charge in [0.15, 0.2) is 17.5 Å². The fraction of sp³-hybridized carbons (Fsp3) is 0.611. The van der Waals surface area contributed by atoms with E-state index in [9.17, 15) is 0 Å². The van der Waals surface area contributed by atoms with Gasteiger partial charge in [0, 0.05) is 26.8 Å². The van der Waals surface area contributed by atoms with E-state index in [1.165, 1.54) is 0 Å². The summed E-state index contributed by atoms with van der Waals surface area (Å²) in [5, 5.41) is 7.08. The monoisotopic (exact) mass is 385 g/mol. The Kier molecular flexibility index (Phi) is 9.38. The summed E-state index contributed by atoms with van der Waals surface area (Å²) in [6, 6.07) is 3.79. The van der Waals surface area contributed by atoms with Crippen LogP contribution in [0, 0.1) is 0 Å². The maximum Gasteiger partial charge on any atom is 0.191 e. The Morgan fingerprint density at radius 3 is 2.85 bits per heavy atom. The molecular weight excluding hydrogens is 358 g/mol. The first kappa shape index (κ1) is 20.6. The molecule has 8 heteroatoms. The first-order valence-electron chi connectivity index (χ1n) is 8.91. The molecule has 0 aromatic heterocycles. The Hall–Kier alpha value is -1.70. The molecule has 0 unspecified atom stereocenters. The number of nitrogens with zero attached hydrogens (tertiary/aromatic N) is 1. The van der Waals surface area contributed by atoms with E-state index in [0.29, 0.717) is 56.1 Å². The number of guanidine groups is 1. The molecule has 0 bridgehead atoms. The molecule has 0 fully saturated rings. The highest BCUT2D eigenvalue weighted by Gasteiger charge is 2.16. The van der Waals surface area contributed by atoms with Crippen LogP contribution >= 0.6 is 11.6 Å². The van der Waals surface area contributed by atoms with Crippen LogP contribution in [0.2, 0.25) is 5.02 Å². The summed E-state index contributed by atoms with van der Waals surface area (Å²) in [6.07, 6.45) is 0.893. The van der Waals surface area contributed by atoms with E-state index in [1.54, 1.807) is 7.11 Å². The van der Waals surface area contributed by atoms with Gasteiger partial charge in [-0.15, -0.1) is 0 Å². The van der Waals surface area contributed by atoms with Crippen LogP contribution in [-0.2, 0) is 16.0 Å². The number of halogens is 1. The van der Waals surface area contributed by atoms with E-state index in [0.717, 1.165) is 31.0 Å². The Labute approximate surface area is 160 Å². The number of ether oxygens (including phenoxy) is 4. The van der Waals surface area contributed by atoms with Crippen molar-refractivity contribution < 1.29 is 18.9 Å². The van der Waals surface area contributed by atoms with Gasteiger partial charge in [-0.1, -0.05) is 11.6 Å². The second-order valence-corrected chi connectivity index (χ2v) is 6.09. The number of methoxy groups -OCH3 is 1. The quantitative estimate of drug-likeness (QED) is 0.365. The number of nitrogens with one attached hydrogen (secondary N) is 2. The zero-order valence-electron chi connectivity index (χ0n) is 15.5. The van der Waals surface area contributed by atoms with Gasteiger partial charge in [0.25, 0.3) is 0 Å². The molecule has 0 radical (unpaired) electrons. The molecule has 0 aliphatic carbocycles. The molecule has 1 aromatic rings. The van der Waals surface area contributed by atoms with Gasteiger partial charge < -0.3 is 29.6 Å². The predicted octanol–water partition coefficient (Wildman–Crippen LogP) is 2.22. The number of hydrogen-bond donors (Lipinski definition) is 2. The van der Waals surface area contributed by atoms with Crippen LogP contribution in [0.3, 0.4) is 0 Å². The molecule has 0 atom stereocenters. The lowest BCUT2D eigenvalue weighted by molar-refractivity contribution is 0.0698. The van der Waals surface area contributed by atoms with Gasteiger partial charge >= 0.3 is 0 Å². The smallest absolute Gasteiger partial charge is 0.191 e. The SMILES string of the molecule is CCNC(=NCc1cc(Cl)c2c(c1)OCCO2)NCCCOCCOC. The number of fused-ring (bicyclic) bond motifs is 1. The average molecular weight is 386 g/mol. The number of rotatable bonds is 10. The Morgan fingerprint density at radius 1 is 1.19 bits per heavy atom. The molecule has 7 nitrogen and oxygen atoms in total. The van der Waals surface area contributed by atoms with Crippen molar-refractivity contribution in [1.82, 2.24) is 10.6 Å². The second kappa shape index (κ2) is 11.8. The van der Waals surface area contributed by atoms with E-state index >= 15 is 0 Å². The summed E-state index contributed by atoms with van der Waals surface area (Å²) < 4.78 is 21.5. The second-order valence-electron chi connectivity index (χ2n) is 5.68. The largest absolute Gasteiger partial charge is 0.486 e. The molecule has 0 saturated carbocycles. The van der Waals surface area contributed by atoms with Gasteiger partial charge in [-0.2, -0.15) is 0 Å². The van der Waals surface area contributed by atoms with Crippen LogP contribution in [0.1, 0.15) is 18.9 Å². The van der Waals surface area contributed by atoms with Crippen LogP contribution in [0.15, 0.2) is 17.1 Å². The summed E-state index contributed by atoms with van der Waals surface area (Å²) in [5.74, 6) is 2.06. The van der Waals surface area contributed by atoms with Crippen molar-refractivity contribution in [2.45, 2.75) is 19.9 Å². The van der Waals surface area contributed by atoms with Gasteiger partial charge in [-0.3, -0.25) is 0 Å². The maximum atomic E-state index is 6.27. The minimum atomic E-state index is 0.496. The first-order chi connectivity index (χ1) is 12.7. The third-order valence-corrected chi connectivity index (χ3v) is 3.89. The van der Waals surface area contributed by atoms with E-state index in [4.69, 9.17) is 30.5 Å². The molecule has 26 heavy (non-hydrogen) atoms. The lowest BCUT2D eigenvalue weighted by Crippen LogP contribution is -2.38. The van der Waals surface area contributed by atoms with Gasteiger partial charge in [0.1, 0.15) is 13.2 Å². The Bertz CT molecular complexity index is 584. The molecule has 1 aromatic carbocycles. The molecule has 0 amide bonds. The van der Waals surface area contributed by atoms with Crippen molar-refractivity contribution in [1.29, 1.82) is 0 Å². The predicted molar refractivity (Wildman–Crippen MR) is 103 cm³/mol. The molecule has 1 aliphatic rings. The maximum absolute atomic E-state index is 6.27. The summed E-state index contributed by atoms with van der Waals surface area (Å²) in [7, 11) is 1.67. The summed E-state index contributed by atoms with van der Waals surface area (Å²) in [5.41, 5.74) is 0.972. The van der Waals surface area contributed by atoms with E-state index in [1.807, 2.05) is 19.1 Å². The molecule has 2 N–H and O–H groups in total. The zero-order chi connectivity index (χ0) is 18.6. The van der Waals surface area contributed by atoms with Crippen LogP contribution < -0.4 is 20.1 Å². The fourth-order valence-corrected chi connectivity index (χ4v) is 2.68. The number of hydrogen-bond acceptors (Lipinski definition) is 5. The third kappa shape index (κ3) is 6.90. The average Bonchev–Trinajstić information content (AvgIpc) is 2.65. The fourth-order valence-electron chi connectivity index (χ4n) is 2.39. The molecule has 0 saturated heterocycles. The summed E-state index contributed by atoms with van der Waals surface area (Å²) >= 11 is 6.27. The molecule has 0 spiro atoms. The summed E-state index contributed by atoms with van der Waals surface area (Å²) in [4.78, 5) is 4.60. The normalized spacial score (nSPS) is 13.6. The highest BCUT2D eigenvalue weighted by atomic mass is 35.5. The minimum Gasteiger partial charge on any atom is -0.486 e. The van der Waals surface area contributed by atoms with Crippen molar-refractivity contribution in [3.8, 4) is 11.5 Å². The molecule has 1 aliphatic heterocycles. The van der Waals surface area contributed by atoms with Gasteiger partial charge in [-0.25, -0.2) is 4.99 Å². The van der Waals surface area contributed by atoms with Gasteiger partial charge in [-0.05, 0) is 31.0 Å². The molecular formula is C18H28ClN3O4. The lowest BCUT2D eigenvalue weighted by Gasteiger charge is -2.20. The van der Waals surface area contributed by atoms with Crippen LogP contribution in [0.25, 0.3) is 0 Å². The van der Waals surface area contributed by atoms with Gasteiger partial charge in [0.05, 0.1) is 24.8 Å². The number of benzene rings is 1. The lowest BCUT2D eigenvalue weighted by atomic mass is 10.2. The molecule has 146 valence electrons. The standard InChI is InChI=1S/C18H28ClN3O4/c1-3-20-18(21-5-4-6-24-8-7-23-2)22-13-14-11-15(19)17-16(12-14)25-9-10-26-17/h11-12H,3-10,13H2,1-2H3,(H2,20,21,22). The highest BCUT2D eigenvalue weighted by Crippen LogP contribution is 2.38. The Balaban J connectivity index is 1.83. The highest BCUT2D eigenvalue weighted by molar-refractivity contribution is 6.32. The van der Waals surface area contributed by atoms with Crippen molar-refractivity contribution in [3.05, 3.63) is 22.7 Å². The first-order valence-corrected chi connectivity index (χ1v) is 9.29. The molecule has 2 rings (SSSR count). The van der Waals surface area contributed by atoms with E-state index in [-0.39, 0.29) is 0 Å². The van der Waals surface area contributed by atoms with Crippen molar-refractivity contribution >= 4 is 17.6 Å². The van der Waals surface area contributed by atoms with Crippen molar-refractivity contribution in [3.63, 3.8) is 0 Å². The van der Waals surface area contributed by atoms with Crippen molar-refractivity contribution in [2.75, 3.05) is 53.2 Å². The third-order valence-electron chi connectivity index (χ3n) is 3.61. The molecule has 1 heterocycles. The van der Waals surface area contributed by atoms with E-state index in [2.05, 4.69) is 15.6 Å².